The van der Waals surface area contributed by atoms with Gasteiger partial charge in [-0.15, -0.1) is 0 Å². The van der Waals surface area contributed by atoms with Gasteiger partial charge in [0.25, 0.3) is 0 Å². The SMILES string of the molecule is COc1cc([C@@H]2c3cc4c(cc3[C@@H](O[C@@H]3O[C@@H]5CO[C@@H](C)O[C@H]5[C@@H](O)[C@H]3O)[C@H]3COC(=O)[C@H]23)OCO4)cc(OC)c1O. The maximum absolute atomic E-state index is 13.4. The van der Waals surface area contributed by atoms with Gasteiger partial charge < -0.3 is 58.0 Å². The second kappa shape index (κ2) is 10.4. The number of phenolic OH excluding ortho intramolecular Hbond substituents is 1. The minimum Gasteiger partial charge on any atom is -0.502 e. The predicted molar refractivity (Wildman–Crippen MR) is 138 cm³/mol. The summed E-state index contributed by atoms with van der Waals surface area (Å²) in [6.45, 7) is 1.93. The van der Waals surface area contributed by atoms with E-state index in [0.717, 1.165) is 0 Å². The molecule has 0 bridgehead atoms. The molecule has 7 rings (SSSR count). The van der Waals surface area contributed by atoms with Crippen LogP contribution in [0.1, 0.15) is 35.6 Å². The first-order chi connectivity index (χ1) is 20.3. The quantitative estimate of drug-likeness (QED) is 0.430. The van der Waals surface area contributed by atoms with Crippen molar-refractivity contribution in [2.75, 3.05) is 34.2 Å². The van der Waals surface area contributed by atoms with Crippen LogP contribution in [-0.2, 0) is 28.5 Å². The number of carbonyl (C=O) groups is 1. The Morgan fingerprint density at radius 1 is 0.881 bits per heavy atom. The zero-order chi connectivity index (χ0) is 29.3. The van der Waals surface area contributed by atoms with Crippen LogP contribution in [0.5, 0.6) is 28.7 Å². The fourth-order valence-electron chi connectivity index (χ4n) is 6.74. The van der Waals surface area contributed by atoms with Gasteiger partial charge in [-0.25, -0.2) is 0 Å². The minimum atomic E-state index is -1.44. The van der Waals surface area contributed by atoms with Crippen LogP contribution >= 0.6 is 0 Å². The van der Waals surface area contributed by atoms with Crippen LogP contribution in [0.25, 0.3) is 0 Å². The van der Waals surface area contributed by atoms with Crippen LogP contribution in [-0.4, -0.2) is 92.5 Å². The number of benzene rings is 2. The summed E-state index contributed by atoms with van der Waals surface area (Å²) in [5, 5.41) is 32.5. The van der Waals surface area contributed by atoms with Crippen molar-refractivity contribution < 1.29 is 62.7 Å². The maximum atomic E-state index is 13.4. The highest BCUT2D eigenvalue weighted by Gasteiger charge is 2.56. The van der Waals surface area contributed by atoms with E-state index in [2.05, 4.69) is 0 Å². The number of phenols is 1. The fourth-order valence-corrected chi connectivity index (χ4v) is 6.74. The third kappa shape index (κ3) is 4.26. The van der Waals surface area contributed by atoms with Gasteiger partial charge in [0.15, 0.2) is 35.6 Å². The van der Waals surface area contributed by atoms with Crippen LogP contribution in [0, 0.1) is 11.8 Å². The highest BCUT2D eigenvalue weighted by atomic mass is 16.8. The Morgan fingerprint density at radius 2 is 1.57 bits per heavy atom. The molecule has 3 N–H and O–H groups in total. The maximum Gasteiger partial charge on any atom is 0.310 e. The largest absolute Gasteiger partial charge is 0.502 e. The number of cyclic esters (lactones) is 1. The summed E-state index contributed by atoms with van der Waals surface area (Å²) in [7, 11) is 2.86. The topological polar surface area (TPSA) is 161 Å². The summed E-state index contributed by atoms with van der Waals surface area (Å²) in [4.78, 5) is 13.4. The predicted octanol–water partition coefficient (Wildman–Crippen LogP) is 1.34. The molecular formula is C29H32O13. The first-order valence-corrected chi connectivity index (χ1v) is 13.8. The Labute approximate surface area is 240 Å². The van der Waals surface area contributed by atoms with Gasteiger partial charge in [0, 0.05) is 11.8 Å². The molecule has 226 valence electrons. The van der Waals surface area contributed by atoms with E-state index in [-0.39, 0.29) is 37.3 Å². The van der Waals surface area contributed by atoms with E-state index >= 15 is 0 Å². The van der Waals surface area contributed by atoms with Crippen molar-refractivity contribution in [1.29, 1.82) is 0 Å². The molecule has 0 radical (unpaired) electrons. The molecule has 0 spiro atoms. The molecule has 13 heteroatoms. The van der Waals surface area contributed by atoms with Gasteiger partial charge in [-0.3, -0.25) is 4.79 Å². The molecule has 4 aliphatic heterocycles. The number of aromatic hydroxyl groups is 1. The number of carbonyl (C=O) groups excluding carboxylic acids is 1. The molecule has 2 aromatic carbocycles. The van der Waals surface area contributed by atoms with Crippen molar-refractivity contribution in [3.63, 3.8) is 0 Å². The van der Waals surface area contributed by atoms with E-state index in [1.165, 1.54) is 14.2 Å². The molecule has 42 heavy (non-hydrogen) atoms. The first kappa shape index (κ1) is 27.5. The van der Waals surface area contributed by atoms with Crippen molar-refractivity contribution in [3.05, 3.63) is 41.0 Å². The fraction of sp³-hybridized carbons (Fsp3) is 0.552. The number of aliphatic hydroxyl groups excluding tert-OH is 2. The number of esters is 1. The third-order valence-electron chi connectivity index (χ3n) is 8.75. The molecular weight excluding hydrogens is 556 g/mol. The molecule has 13 nitrogen and oxygen atoms in total. The number of hydrogen-bond donors (Lipinski definition) is 3. The highest BCUT2D eigenvalue weighted by molar-refractivity contribution is 5.79. The number of fused-ring (bicyclic) bond motifs is 4. The van der Waals surface area contributed by atoms with E-state index < -0.39 is 66.8 Å². The third-order valence-corrected chi connectivity index (χ3v) is 8.75. The summed E-state index contributed by atoms with van der Waals surface area (Å²) < 4.78 is 51.5. The lowest BCUT2D eigenvalue weighted by Gasteiger charge is -2.47. The van der Waals surface area contributed by atoms with Gasteiger partial charge in [0.1, 0.15) is 24.4 Å². The standard InChI is InChI=1S/C29H32O13/c1-11-36-9-20-27(40-11)24(31)25(32)29(41-20)42-26-14-7-17-16(38-10-39-17)6-13(14)21(22-15(26)8-37-28(22)33)12-4-18(34-2)23(30)19(5-12)35-3/h4-7,11,15,20-22,24-27,29-32H,8-10H2,1-3H3/t11-,15+,20-,21-,22+,24+,25-,26-,27-,29+/m1/s1. The van der Waals surface area contributed by atoms with Crippen LogP contribution in [0.2, 0.25) is 0 Å². The molecule has 5 aliphatic rings. The number of rotatable bonds is 5. The summed E-state index contributed by atoms with van der Waals surface area (Å²) in [5.41, 5.74) is 2.01. The van der Waals surface area contributed by atoms with Crippen molar-refractivity contribution in [1.82, 2.24) is 0 Å². The molecule has 4 heterocycles. The molecule has 0 aromatic heterocycles. The highest BCUT2D eigenvalue weighted by Crippen LogP contribution is 2.57. The Balaban J connectivity index is 1.32. The molecule has 3 saturated heterocycles. The van der Waals surface area contributed by atoms with E-state index in [1.807, 2.05) is 0 Å². The van der Waals surface area contributed by atoms with Crippen LogP contribution in [0.15, 0.2) is 24.3 Å². The monoisotopic (exact) mass is 588 g/mol. The van der Waals surface area contributed by atoms with Gasteiger partial charge in [0.2, 0.25) is 12.5 Å². The minimum absolute atomic E-state index is 0.0301. The molecule has 0 amide bonds. The summed E-state index contributed by atoms with van der Waals surface area (Å²) in [6, 6.07) is 6.93. The second-order valence-corrected chi connectivity index (χ2v) is 11.0. The lowest BCUT2D eigenvalue weighted by atomic mass is 9.66. The lowest BCUT2D eigenvalue weighted by molar-refractivity contribution is -0.364. The average molecular weight is 589 g/mol. The van der Waals surface area contributed by atoms with Crippen LogP contribution < -0.4 is 18.9 Å². The number of hydrogen-bond acceptors (Lipinski definition) is 13. The lowest BCUT2D eigenvalue weighted by Crippen LogP contribution is -2.63. The van der Waals surface area contributed by atoms with Crippen molar-refractivity contribution in [2.24, 2.45) is 11.8 Å². The zero-order valence-corrected chi connectivity index (χ0v) is 23.1. The molecule has 10 atom stereocenters. The molecule has 3 fully saturated rings. The smallest absolute Gasteiger partial charge is 0.310 e. The Morgan fingerprint density at radius 3 is 2.26 bits per heavy atom. The Hall–Kier alpha value is -3.33. The van der Waals surface area contributed by atoms with Gasteiger partial charge in [0.05, 0.1) is 39.5 Å². The van der Waals surface area contributed by atoms with Crippen molar-refractivity contribution in [3.8, 4) is 28.7 Å². The molecule has 0 unspecified atom stereocenters. The number of aliphatic hydroxyl groups is 2. The van der Waals surface area contributed by atoms with E-state index in [9.17, 15) is 20.1 Å². The average Bonchev–Trinajstić information content (AvgIpc) is 3.61. The van der Waals surface area contributed by atoms with Crippen LogP contribution in [0.3, 0.4) is 0 Å². The van der Waals surface area contributed by atoms with Gasteiger partial charge in [-0.2, -0.15) is 0 Å². The summed E-state index contributed by atoms with van der Waals surface area (Å²) >= 11 is 0. The zero-order valence-electron chi connectivity index (χ0n) is 23.1. The van der Waals surface area contributed by atoms with Crippen LogP contribution in [0.4, 0.5) is 0 Å². The van der Waals surface area contributed by atoms with Crippen molar-refractivity contribution in [2.45, 2.75) is 55.9 Å². The molecule has 1 aliphatic carbocycles. The van der Waals surface area contributed by atoms with E-state index in [1.54, 1.807) is 31.2 Å². The number of ether oxygens (including phenoxy) is 9. The van der Waals surface area contributed by atoms with E-state index in [4.69, 9.17) is 42.6 Å². The summed E-state index contributed by atoms with van der Waals surface area (Å²) in [5.74, 6) is -1.02. The number of methoxy groups -OCH3 is 2. The van der Waals surface area contributed by atoms with Gasteiger partial charge in [-0.1, -0.05) is 0 Å². The van der Waals surface area contributed by atoms with Crippen molar-refractivity contribution >= 4 is 5.97 Å². The van der Waals surface area contributed by atoms with Gasteiger partial charge in [-0.05, 0) is 47.9 Å². The van der Waals surface area contributed by atoms with Gasteiger partial charge >= 0.3 is 5.97 Å². The molecule has 0 saturated carbocycles. The Kier molecular flexibility index (Phi) is 6.83. The molecule has 2 aromatic rings. The second-order valence-electron chi connectivity index (χ2n) is 11.0. The first-order valence-electron chi connectivity index (χ1n) is 13.8. The Bertz CT molecular complexity index is 1350. The summed E-state index contributed by atoms with van der Waals surface area (Å²) in [6.07, 6.45) is -6.80. The van der Waals surface area contributed by atoms with E-state index in [0.29, 0.717) is 28.2 Å². The normalized spacial score (nSPS) is 36.5.